The molecule has 1 N–H and O–H groups in total. The zero-order chi connectivity index (χ0) is 11.6. The summed E-state index contributed by atoms with van der Waals surface area (Å²) in [5.74, 6) is -0.802. The highest BCUT2D eigenvalue weighted by Gasteiger charge is 2.37. The molecular weight excluding hydrogens is 204 g/mol. The molecule has 1 aliphatic heterocycles. The topological polar surface area (TPSA) is 40.5 Å². The average molecular weight is 221 g/mol. The molecule has 0 aliphatic carbocycles. The smallest absolute Gasteiger partial charge is 0.258 e. The van der Waals surface area contributed by atoms with Crippen LogP contribution in [0.2, 0.25) is 0 Å². The zero-order valence-corrected chi connectivity index (χ0v) is 8.99. The van der Waals surface area contributed by atoms with Crippen LogP contribution in [0.3, 0.4) is 0 Å². The summed E-state index contributed by atoms with van der Waals surface area (Å²) in [6, 6.07) is -1.01. The lowest BCUT2D eigenvalue weighted by Gasteiger charge is -2.27. The normalized spacial score (nSPS) is 23.9. The first-order valence-corrected chi connectivity index (χ1v) is 5.22. The number of likely N-dealkylation sites (tertiary alicyclic amines) is 1. The van der Waals surface area contributed by atoms with E-state index in [9.17, 15) is 18.7 Å². The number of alkyl halides is 2. The van der Waals surface area contributed by atoms with E-state index >= 15 is 0 Å². The van der Waals surface area contributed by atoms with Crippen molar-refractivity contribution in [1.29, 1.82) is 0 Å². The summed E-state index contributed by atoms with van der Waals surface area (Å²) in [5, 5.41) is 9.52. The first kappa shape index (κ1) is 12.4. The lowest BCUT2D eigenvalue weighted by atomic mass is 10.1. The van der Waals surface area contributed by atoms with E-state index < -0.39 is 24.5 Å². The molecule has 0 bridgehead atoms. The molecule has 0 spiro atoms. The molecule has 1 amide bonds. The minimum Gasteiger partial charge on any atom is -0.383 e. The SMILES string of the molecule is CC(C)[C@H](O)C(=O)N1CCC[C@@H]1C(F)F. The Hall–Kier alpha value is -0.710. The number of carbonyl (C=O) groups is 1. The van der Waals surface area contributed by atoms with Gasteiger partial charge in [0, 0.05) is 6.54 Å². The van der Waals surface area contributed by atoms with Crippen molar-refractivity contribution in [2.75, 3.05) is 6.54 Å². The van der Waals surface area contributed by atoms with E-state index in [1.54, 1.807) is 13.8 Å². The van der Waals surface area contributed by atoms with Gasteiger partial charge in [0.15, 0.2) is 0 Å². The number of hydrogen-bond acceptors (Lipinski definition) is 2. The molecule has 0 aromatic heterocycles. The number of aliphatic hydroxyl groups is 1. The number of amides is 1. The summed E-state index contributed by atoms with van der Waals surface area (Å²) in [7, 11) is 0. The number of rotatable bonds is 3. The Morgan fingerprint density at radius 1 is 1.47 bits per heavy atom. The van der Waals surface area contributed by atoms with E-state index in [2.05, 4.69) is 0 Å². The van der Waals surface area contributed by atoms with Crippen LogP contribution < -0.4 is 0 Å². The molecule has 3 nitrogen and oxygen atoms in total. The van der Waals surface area contributed by atoms with Crippen LogP contribution in [0.25, 0.3) is 0 Å². The highest BCUT2D eigenvalue weighted by Crippen LogP contribution is 2.24. The number of nitrogens with zero attached hydrogens (tertiary/aromatic N) is 1. The Morgan fingerprint density at radius 2 is 2.07 bits per heavy atom. The predicted octanol–water partition coefficient (Wildman–Crippen LogP) is 1.26. The van der Waals surface area contributed by atoms with Gasteiger partial charge in [0.05, 0.1) is 6.04 Å². The van der Waals surface area contributed by atoms with Crippen molar-refractivity contribution in [3.05, 3.63) is 0 Å². The molecule has 15 heavy (non-hydrogen) atoms. The summed E-state index contributed by atoms with van der Waals surface area (Å²) in [4.78, 5) is 12.8. The largest absolute Gasteiger partial charge is 0.383 e. The van der Waals surface area contributed by atoms with E-state index in [1.807, 2.05) is 0 Å². The fourth-order valence-corrected chi connectivity index (χ4v) is 1.78. The third-order valence-electron chi connectivity index (χ3n) is 2.76. The highest BCUT2D eigenvalue weighted by atomic mass is 19.3. The van der Waals surface area contributed by atoms with Crippen molar-refractivity contribution in [1.82, 2.24) is 4.90 Å². The van der Waals surface area contributed by atoms with Gasteiger partial charge in [-0.05, 0) is 18.8 Å². The number of carbonyl (C=O) groups excluding carboxylic acids is 1. The molecule has 1 heterocycles. The molecule has 0 radical (unpaired) electrons. The zero-order valence-electron chi connectivity index (χ0n) is 8.99. The van der Waals surface area contributed by atoms with Crippen LogP contribution in [0, 0.1) is 5.92 Å². The molecule has 1 saturated heterocycles. The van der Waals surface area contributed by atoms with Crippen molar-refractivity contribution >= 4 is 5.91 Å². The first-order chi connectivity index (χ1) is 6.95. The molecule has 1 rings (SSSR count). The van der Waals surface area contributed by atoms with Gasteiger partial charge in [-0.1, -0.05) is 13.8 Å². The monoisotopic (exact) mass is 221 g/mol. The second-order valence-electron chi connectivity index (χ2n) is 4.26. The third kappa shape index (κ3) is 2.65. The van der Waals surface area contributed by atoms with Crippen LogP contribution in [0.4, 0.5) is 8.78 Å². The summed E-state index contributed by atoms with van der Waals surface area (Å²) < 4.78 is 25.1. The van der Waals surface area contributed by atoms with Gasteiger partial charge in [-0.25, -0.2) is 8.78 Å². The lowest BCUT2D eigenvalue weighted by molar-refractivity contribution is -0.146. The Morgan fingerprint density at radius 3 is 2.53 bits per heavy atom. The van der Waals surface area contributed by atoms with Crippen molar-refractivity contribution in [3.63, 3.8) is 0 Å². The van der Waals surface area contributed by atoms with E-state index in [1.165, 1.54) is 0 Å². The quantitative estimate of drug-likeness (QED) is 0.779. The Balaban J connectivity index is 2.66. The van der Waals surface area contributed by atoms with Gasteiger partial charge < -0.3 is 10.0 Å². The highest BCUT2D eigenvalue weighted by molar-refractivity contribution is 5.81. The second kappa shape index (κ2) is 4.88. The fourth-order valence-electron chi connectivity index (χ4n) is 1.78. The average Bonchev–Trinajstić information content (AvgIpc) is 2.63. The van der Waals surface area contributed by atoms with Crippen LogP contribution >= 0.6 is 0 Å². The first-order valence-electron chi connectivity index (χ1n) is 5.22. The summed E-state index contributed by atoms with van der Waals surface area (Å²) >= 11 is 0. The van der Waals surface area contributed by atoms with Crippen LogP contribution in [0.5, 0.6) is 0 Å². The van der Waals surface area contributed by atoms with Gasteiger partial charge in [-0.15, -0.1) is 0 Å². The number of halogens is 2. The standard InChI is InChI=1S/C10H17F2NO2/c1-6(2)8(14)10(15)13-5-3-4-7(13)9(11)12/h6-9,14H,3-5H2,1-2H3/t7-,8+/m1/s1. The van der Waals surface area contributed by atoms with E-state index in [-0.39, 0.29) is 5.92 Å². The van der Waals surface area contributed by atoms with Gasteiger partial charge in [0.25, 0.3) is 12.3 Å². The molecule has 0 aromatic carbocycles. The van der Waals surface area contributed by atoms with Crippen LogP contribution in [-0.2, 0) is 4.79 Å². The third-order valence-corrected chi connectivity index (χ3v) is 2.76. The van der Waals surface area contributed by atoms with Gasteiger partial charge in [0.1, 0.15) is 6.10 Å². The van der Waals surface area contributed by atoms with Crippen LogP contribution in [0.1, 0.15) is 26.7 Å². The molecule has 2 atom stereocenters. The van der Waals surface area contributed by atoms with E-state index in [0.717, 1.165) is 4.90 Å². The molecule has 0 unspecified atom stereocenters. The lowest BCUT2D eigenvalue weighted by Crippen LogP contribution is -2.46. The Kier molecular flexibility index (Phi) is 4.02. The summed E-state index contributed by atoms with van der Waals surface area (Å²) in [6.07, 6.45) is -2.76. The van der Waals surface area contributed by atoms with Gasteiger partial charge >= 0.3 is 0 Å². The number of aliphatic hydroxyl groups excluding tert-OH is 1. The fraction of sp³-hybridized carbons (Fsp3) is 0.900. The van der Waals surface area contributed by atoms with E-state index in [0.29, 0.717) is 19.4 Å². The van der Waals surface area contributed by atoms with Crippen molar-refractivity contribution < 1.29 is 18.7 Å². The van der Waals surface area contributed by atoms with E-state index in [4.69, 9.17) is 0 Å². The van der Waals surface area contributed by atoms with Gasteiger partial charge in [-0.3, -0.25) is 4.79 Å². The maximum atomic E-state index is 12.5. The molecule has 1 aliphatic rings. The molecule has 1 fully saturated rings. The number of hydrogen-bond donors (Lipinski definition) is 1. The van der Waals surface area contributed by atoms with Crippen LogP contribution in [-0.4, -0.2) is 41.0 Å². The van der Waals surface area contributed by atoms with Crippen molar-refractivity contribution in [2.24, 2.45) is 5.92 Å². The van der Waals surface area contributed by atoms with Crippen molar-refractivity contribution in [2.45, 2.75) is 45.3 Å². The molecule has 88 valence electrons. The maximum absolute atomic E-state index is 12.5. The molecule has 0 saturated carbocycles. The summed E-state index contributed by atoms with van der Waals surface area (Å²) in [6.45, 7) is 3.71. The summed E-state index contributed by atoms with van der Waals surface area (Å²) in [5.41, 5.74) is 0. The Labute approximate surface area is 88.1 Å². The van der Waals surface area contributed by atoms with Gasteiger partial charge in [-0.2, -0.15) is 0 Å². The molecule has 5 heteroatoms. The maximum Gasteiger partial charge on any atom is 0.258 e. The van der Waals surface area contributed by atoms with Crippen LogP contribution in [0.15, 0.2) is 0 Å². The second-order valence-corrected chi connectivity index (χ2v) is 4.26. The van der Waals surface area contributed by atoms with Crippen molar-refractivity contribution in [3.8, 4) is 0 Å². The molecular formula is C10H17F2NO2. The Bertz CT molecular complexity index is 233. The minimum atomic E-state index is -2.52. The molecule has 0 aromatic rings. The van der Waals surface area contributed by atoms with Gasteiger partial charge in [0.2, 0.25) is 0 Å². The minimum absolute atomic E-state index is 0.239. The predicted molar refractivity (Wildman–Crippen MR) is 51.6 cm³/mol.